The van der Waals surface area contributed by atoms with Gasteiger partial charge in [0.15, 0.2) is 0 Å². The van der Waals surface area contributed by atoms with E-state index in [1.54, 1.807) is 18.9 Å². The zero-order chi connectivity index (χ0) is 16.1. The molecule has 1 aromatic carbocycles. The maximum absolute atomic E-state index is 12.3. The molecule has 1 heterocycles. The second-order valence-corrected chi connectivity index (χ2v) is 5.48. The summed E-state index contributed by atoms with van der Waals surface area (Å²) < 4.78 is 10.8. The molecule has 120 valence electrons. The lowest BCUT2D eigenvalue weighted by Gasteiger charge is -2.21. The van der Waals surface area contributed by atoms with Crippen molar-refractivity contribution < 1.29 is 19.1 Å². The molecule has 0 spiro atoms. The Morgan fingerprint density at radius 3 is 2.86 bits per heavy atom. The molecule has 1 fully saturated rings. The van der Waals surface area contributed by atoms with Gasteiger partial charge in [-0.3, -0.25) is 9.59 Å². The lowest BCUT2D eigenvalue weighted by molar-refractivity contribution is -0.142. The first-order valence-electron chi connectivity index (χ1n) is 7.34. The van der Waals surface area contributed by atoms with Crippen LogP contribution in [0.3, 0.4) is 0 Å². The topological polar surface area (TPSA) is 81.9 Å². The van der Waals surface area contributed by atoms with Gasteiger partial charge in [-0.1, -0.05) is 12.1 Å². The zero-order valence-electron chi connectivity index (χ0n) is 13.0. The molecule has 2 rings (SSSR count). The summed E-state index contributed by atoms with van der Waals surface area (Å²) in [5.41, 5.74) is 6.22. The monoisotopic (exact) mass is 306 g/mol. The highest BCUT2D eigenvalue weighted by molar-refractivity contribution is 5.83. The van der Waals surface area contributed by atoms with Crippen molar-refractivity contribution in [1.82, 2.24) is 4.90 Å². The second kappa shape index (κ2) is 7.26. The van der Waals surface area contributed by atoms with Gasteiger partial charge in [-0.05, 0) is 31.0 Å². The highest BCUT2D eigenvalue weighted by Gasteiger charge is 2.31. The number of hydrogen-bond acceptors (Lipinski definition) is 4. The van der Waals surface area contributed by atoms with Crippen molar-refractivity contribution in [3.05, 3.63) is 29.8 Å². The van der Waals surface area contributed by atoms with Crippen LogP contribution in [0.1, 0.15) is 18.9 Å². The molecule has 0 bridgehead atoms. The van der Waals surface area contributed by atoms with E-state index in [2.05, 4.69) is 0 Å². The Labute approximate surface area is 130 Å². The number of rotatable bonds is 6. The van der Waals surface area contributed by atoms with Gasteiger partial charge in [0.2, 0.25) is 5.91 Å². The highest BCUT2D eigenvalue weighted by atomic mass is 16.5. The molecule has 1 aliphatic heterocycles. The molecule has 0 aromatic heterocycles. The number of nitrogens with zero attached hydrogens (tertiary/aromatic N) is 1. The largest absolute Gasteiger partial charge is 0.497 e. The summed E-state index contributed by atoms with van der Waals surface area (Å²) in [5, 5.41) is 0. The fourth-order valence-corrected chi connectivity index (χ4v) is 2.50. The van der Waals surface area contributed by atoms with Crippen LogP contribution in [-0.4, -0.2) is 43.0 Å². The first-order valence-corrected chi connectivity index (χ1v) is 7.34. The normalized spacial score (nSPS) is 19.0. The Morgan fingerprint density at radius 2 is 2.23 bits per heavy atom. The SMILES string of the molecule is COc1cccc(CO[C@H](C)C(=O)N2CC[C@H](C(N)=O)C2)c1. The average Bonchev–Trinajstić information content (AvgIpc) is 3.02. The van der Waals surface area contributed by atoms with E-state index in [-0.39, 0.29) is 17.7 Å². The standard InChI is InChI=1S/C16H22N2O4/c1-11(16(20)18-7-6-13(9-18)15(17)19)22-10-12-4-3-5-14(8-12)21-2/h3-5,8,11,13H,6-7,9-10H2,1-2H3,(H2,17,19)/t11-,13+/m1/s1. The van der Waals surface area contributed by atoms with Crippen LogP contribution in [-0.2, 0) is 20.9 Å². The molecule has 6 heteroatoms. The average molecular weight is 306 g/mol. The van der Waals surface area contributed by atoms with Crippen molar-refractivity contribution in [2.45, 2.75) is 26.1 Å². The van der Waals surface area contributed by atoms with E-state index in [1.807, 2.05) is 24.3 Å². The van der Waals surface area contributed by atoms with Gasteiger partial charge >= 0.3 is 0 Å². The molecule has 0 aliphatic carbocycles. The number of carbonyl (C=O) groups is 2. The number of carbonyl (C=O) groups excluding carboxylic acids is 2. The number of methoxy groups -OCH3 is 1. The van der Waals surface area contributed by atoms with Crippen LogP contribution in [0.4, 0.5) is 0 Å². The van der Waals surface area contributed by atoms with Crippen molar-refractivity contribution in [2.24, 2.45) is 11.7 Å². The number of likely N-dealkylation sites (tertiary alicyclic amines) is 1. The molecule has 2 N–H and O–H groups in total. The van der Waals surface area contributed by atoms with Crippen LogP contribution >= 0.6 is 0 Å². The van der Waals surface area contributed by atoms with E-state index in [0.717, 1.165) is 11.3 Å². The van der Waals surface area contributed by atoms with Crippen molar-refractivity contribution >= 4 is 11.8 Å². The first-order chi connectivity index (χ1) is 10.5. The number of amides is 2. The summed E-state index contributed by atoms with van der Waals surface area (Å²) in [5.74, 6) is 0.0605. The zero-order valence-corrected chi connectivity index (χ0v) is 13.0. The molecule has 6 nitrogen and oxygen atoms in total. The summed E-state index contributed by atoms with van der Waals surface area (Å²) in [6, 6.07) is 7.52. The van der Waals surface area contributed by atoms with E-state index in [4.69, 9.17) is 15.2 Å². The van der Waals surface area contributed by atoms with Crippen molar-refractivity contribution in [2.75, 3.05) is 20.2 Å². The summed E-state index contributed by atoms with van der Waals surface area (Å²) in [6.45, 7) is 3.00. The van der Waals surface area contributed by atoms with Crippen LogP contribution in [0.15, 0.2) is 24.3 Å². The first kappa shape index (κ1) is 16.3. The Bertz CT molecular complexity index is 547. The highest BCUT2D eigenvalue weighted by Crippen LogP contribution is 2.18. The van der Waals surface area contributed by atoms with E-state index < -0.39 is 6.10 Å². The number of hydrogen-bond donors (Lipinski definition) is 1. The molecule has 0 unspecified atom stereocenters. The van der Waals surface area contributed by atoms with Crippen molar-refractivity contribution in [1.29, 1.82) is 0 Å². The number of nitrogens with two attached hydrogens (primary N) is 1. The van der Waals surface area contributed by atoms with Gasteiger partial charge in [-0.15, -0.1) is 0 Å². The van der Waals surface area contributed by atoms with Crippen LogP contribution < -0.4 is 10.5 Å². The predicted molar refractivity (Wildman–Crippen MR) is 81.1 cm³/mol. The van der Waals surface area contributed by atoms with E-state index in [9.17, 15) is 9.59 Å². The van der Waals surface area contributed by atoms with Gasteiger partial charge in [0.05, 0.1) is 19.6 Å². The molecule has 2 amide bonds. The van der Waals surface area contributed by atoms with Crippen molar-refractivity contribution in [3.63, 3.8) is 0 Å². The van der Waals surface area contributed by atoms with Crippen LogP contribution in [0, 0.1) is 5.92 Å². The van der Waals surface area contributed by atoms with Crippen LogP contribution in [0.2, 0.25) is 0 Å². The number of benzene rings is 1. The van der Waals surface area contributed by atoms with Crippen molar-refractivity contribution in [3.8, 4) is 5.75 Å². The Morgan fingerprint density at radius 1 is 1.45 bits per heavy atom. The third-order valence-electron chi connectivity index (χ3n) is 3.88. The Kier molecular flexibility index (Phi) is 5.38. The fourth-order valence-electron chi connectivity index (χ4n) is 2.50. The molecular weight excluding hydrogens is 284 g/mol. The van der Waals surface area contributed by atoms with Gasteiger partial charge in [-0.25, -0.2) is 0 Å². The maximum atomic E-state index is 12.3. The second-order valence-electron chi connectivity index (χ2n) is 5.48. The summed E-state index contributed by atoms with van der Waals surface area (Å²) in [4.78, 5) is 25.1. The van der Waals surface area contributed by atoms with Crippen LogP contribution in [0.5, 0.6) is 5.75 Å². The van der Waals surface area contributed by atoms with Gasteiger partial charge in [0, 0.05) is 13.1 Å². The Hall–Kier alpha value is -2.08. The summed E-state index contributed by atoms with van der Waals surface area (Å²) >= 11 is 0. The predicted octanol–water partition coefficient (Wildman–Crippen LogP) is 0.934. The minimum atomic E-state index is -0.558. The molecule has 2 atom stereocenters. The van der Waals surface area contributed by atoms with E-state index in [1.165, 1.54) is 0 Å². The fraction of sp³-hybridized carbons (Fsp3) is 0.500. The van der Waals surface area contributed by atoms with Gasteiger partial charge in [0.1, 0.15) is 11.9 Å². The van der Waals surface area contributed by atoms with Gasteiger partial charge in [-0.2, -0.15) is 0 Å². The minimum absolute atomic E-state index is 0.105. The molecule has 0 saturated carbocycles. The lowest BCUT2D eigenvalue weighted by atomic mass is 10.1. The molecule has 0 radical (unpaired) electrons. The Balaban J connectivity index is 1.85. The molecule has 1 aromatic rings. The molecular formula is C16H22N2O4. The van der Waals surface area contributed by atoms with E-state index in [0.29, 0.717) is 26.1 Å². The lowest BCUT2D eigenvalue weighted by Crippen LogP contribution is -2.38. The van der Waals surface area contributed by atoms with E-state index >= 15 is 0 Å². The molecule has 1 saturated heterocycles. The maximum Gasteiger partial charge on any atom is 0.251 e. The van der Waals surface area contributed by atoms with Crippen LogP contribution in [0.25, 0.3) is 0 Å². The van der Waals surface area contributed by atoms with Gasteiger partial charge in [0.25, 0.3) is 5.91 Å². The number of ether oxygens (including phenoxy) is 2. The quantitative estimate of drug-likeness (QED) is 0.848. The summed E-state index contributed by atoms with van der Waals surface area (Å²) in [7, 11) is 1.61. The third kappa shape index (κ3) is 3.98. The minimum Gasteiger partial charge on any atom is -0.497 e. The molecule has 1 aliphatic rings. The smallest absolute Gasteiger partial charge is 0.251 e. The van der Waals surface area contributed by atoms with Gasteiger partial charge < -0.3 is 20.1 Å². The molecule has 22 heavy (non-hydrogen) atoms. The summed E-state index contributed by atoms with van der Waals surface area (Å²) in [6.07, 6.45) is 0.0711. The number of primary amides is 1. The third-order valence-corrected chi connectivity index (χ3v) is 3.88.